The van der Waals surface area contributed by atoms with E-state index in [0.29, 0.717) is 11.3 Å². The quantitative estimate of drug-likeness (QED) is 0.685. The SMILES string of the molecule is COC(=O)[C@@H](C(=O)Nc1ccccc1)c1ccccc1. The van der Waals surface area contributed by atoms with E-state index in [1.165, 1.54) is 7.11 Å². The van der Waals surface area contributed by atoms with Gasteiger partial charge < -0.3 is 10.1 Å². The lowest BCUT2D eigenvalue weighted by Gasteiger charge is -2.15. The lowest BCUT2D eigenvalue weighted by molar-refractivity contribution is -0.145. The second kappa shape index (κ2) is 6.52. The fraction of sp³-hybridized carbons (Fsp3) is 0.125. The van der Waals surface area contributed by atoms with Crippen LogP contribution in [0.5, 0.6) is 0 Å². The maximum Gasteiger partial charge on any atom is 0.322 e. The maximum atomic E-state index is 12.3. The van der Waals surface area contributed by atoms with E-state index in [1.54, 1.807) is 36.4 Å². The van der Waals surface area contributed by atoms with E-state index in [4.69, 9.17) is 4.74 Å². The molecule has 1 atom stereocenters. The van der Waals surface area contributed by atoms with Crippen molar-refractivity contribution in [3.05, 3.63) is 66.2 Å². The summed E-state index contributed by atoms with van der Waals surface area (Å²) in [4.78, 5) is 24.2. The molecule has 1 amide bonds. The molecule has 0 radical (unpaired) electrons. The normalized spacial score (nSPS) is 11.4. The molecule has 0 fully saturated rings. The first-order valence-electron chi connectivity index (χ1n) is 6.21. The minimum Gasteiger partial charge on any atom is -0.468 e. The van der Waals surface area contributed by atoms with Crippen LogP contribution in [0.25, 0.3) is 0 Å². The zero-order valence-electron chi connectivity index (χ0n) is 11.1. The molecule has 0 saturated heterocycles. The number of carbonyl (C=O) groups is 2. The number of benzene rings is 2. The van der Waals surface area contributed by atoms with Crippen LogP contribution in [0.1, 0.15) is 11.5 Å². The first kappa shape index (κ1) is 13.8. The Morgan fingerprint density at radius 2 is 1.50 bits per heavy atom. The molecule has 2 aromatic rings. The topological polar surface area (TPSA) is 55.4 Å². The molecule has 0 unspecified atom stereocenters. The zero-order valence-corrected chi connectivity index (χ0v) is 11.1. The Labute approximate surface area is 117 Å². The van der Waals surface area contributed by atoms with Crippen LogP contribution in [0.3, 0.4) is 0 Å². The van der Waals surface area contributed by atoms with Crippen molar-refractivity contribution in [3.8, 4) is 0 Å². The number of amides is 1. The van der Waals surface area contributed by atoms with E-state index < -0.39 is 17.8 Å². The third-order valence-corrected chi connectivity index (χ3v) is 2.87. The van der Waals surface area contributed by atoms with Gasteiger partial charge in [-0.05, 0) is 17.7 Å². The van der Waals surface area contributed by atoms with Crippen molar-refractivity contribution in [1.82, 2.24) is 0 Å². The van der Waals surface area contributed by atoms with E-state index in [9.17, 15) is 9.59 Å². The first-order chi connectivity index (χ1) is 9.72. The summed E-state index contributed by atoms with van der Waals surface area (Å²) in [7, 11) is 1.27. The highest BCUT2D eigenvalue weighted by Gasteiger charge is 2.29. The highest BCUT2D eigenvalue weighted by Crippen LogP contribution is 2.19. The number of nitrogens with one attached hydrogen (secondary N) is 1. The van der Waals surface area contributed by atoms with E-state index in [-0.39, 0.29) is 0 Å². The van der Waals surface area contributed by atoms with Gasteiger partial charge in [-0.2, -0.15) is 0 Å². The molecule has 2 aromatic carbocycles. The summed E-state index contributed by atoms with van der Waals surface area (Å²) < 4.78 is 4.73. The van der Waals surface area contributed by atoms with Gasteiger partial charge in [-0.1, -0.05) is 48.5 Å². The monoisotopic (exact) mass is 269 g/mol. The fourth-order valence-electron chi connectivity index (χ4n) is 1.89. The van der Waals surface area contributed by atoms with Crippen LogP contribution >= 0.6 is 0 Å². The summed E-state index contributed by atoms with van der Waals surface area (Å²) in [6.45, 7) is 0. The van der Waals surface area contributed by atoms with Crippen molar-refractivity contribution in [2.24, 2.45) is 0 Å². The number of ether oxygens (including phenoxy) is 1. The highest BCUT2D eigenvalue weighted by atomic mass is 16.5. The van der Waals surface area contributed by atoms with E-state index in [1.807, 2.05) is 24.3 Å². The number of anilines is 1. The summed E-state index contributed by atoms with van der Waals surface area (Å²) in [6.07, 6.45) is 0. The molecule has 2 rings (SSSR count). The Morgan fingerprint density at radius 1 is 0.950 bits per heavy atom. The van der Waals surface area contributed by atoms with Gasteiger partial charge in [0.25, 0.3) is 0 Å². The Bertz CT molecular complexity index is 581. The Balaban J connectivity index is 2.24. The molecular formula is C16H15NO3. The molecule has 102 valence electrons. The van der Waals surface area contributed by atoms with Crippen LogP contribution < -0.4 is 5.32 Å². The molecule has 1 N–H and O–H groups in total. The largest absolute Gasteiger partial charge is 0.468 e. The number of para-hydroxylation sites is 1. The fourth-order valence-corrected chi connectivity index (χ4v) is 1.89. The molecule has 4 nitrogen and oxygen atoms in total. The van der Waals surface area contributed by atoms with Crippen molar-refractivity contribution in [3.63, 3.8) is 0 Å². The zero-order chi connectivity index (χ0) is 14.4. The van der Waals surface area contributed by atoms with Gasteiger partial charge in [0.15, 0.2) is 5.92 Å². The van der Waals surface area contributed by atoms with Crippen LogP contribution in [-0.4, -0.2) is 19.0 Å². The Hall–Kier alpha value is -2.62. The number of methoxy groups -OCH3 is 1. The van der Waals surface area contributed by atoms with Gasteiger partial charge in [0.1, 0.15) is 0 Å². The van der Waals surface area contributed by atoms with Crippen LogP contribution in [-0.2, 0) is 14.3 Å². The van der Waals surface area contributed by atoms with E-state index in [0.717, 1.165) is 0 Å². The summed E-state index contributed by atoms with van der Waals surface area (Å²) in [5.74, 6) is -1.96. The van der Waals surface area contributed by atoms with Gasteiger partial charge in [-0.25, -0.2) is 0 Å². The Kier molecular flexibility index (Phi) is 4.50. The molecule has 0 aliphatic heterocycles. The molecule has 0 spiro atoms. The third-order valence-electron chi connectivity index (χ3n) is 2.87. The summed E-state index contributed by atoms with van der Waals surface area (Å²) >= 11 is 0. The van der Waals surface area contributed by atoms with Gasteiger partial charge in [0, 0.05) is 5.69 Å². The van der Waals surface area contributed by atoms with Crippen molar-refractivity contribution in [2.45, 2.75) is 5.92 Å². The third kappa shape index (κ3) is 3.23. The standard InChI is InChI=1S/C16H15NO3/c1-20-16(19)14(12-8-4-2-5-9-12)15(18)17-13-10-6-3-7-11-13/h2-11,14H,1H3,(H,17,18)/t14-/m1/s1. The number of hydrogen-bond donors (Lipinski definition) is 1. The Morgan fingerprint density at radius 3 is 2.05 bits per heavy atom. The number of rotatable bonds is 4. The summed E-state index contributed by atoms with van der Waals surface area (Å²) in [5, 5.41) is 2.72. The van der Waals surface area contributed by atoms with Crippen LogP contribution in [0.15, 0.2) is 60.7 Å². The maximum absolute atomic E-state index is 12.3. The van der Waals surface area contributed by atoms with Crippen LogP contribution in [0, 0.1) is 0 Å². The second-order valence-electron chi connectivity index (χ2n) is 4.22. The number of carbonyl (C=O) groups excluding carboxylic acids is 2. The predicted octanol–water partition coefficient (Wildman–Crippen LogP) is 2.58. The average Bonchev–Trinajstić information content (AvgIpc) is 2.49. The minimum absolute atomic E-state index is 0.408. The van der Waals surface area contributed by atoms with Gasteiger partial charge in [0.2, 0.25) is 5.91 Å². The average molecular weight is 269 g/mol. The van der Waals surface area contributed by atoms with Gasteiger partial charge in [0.05, 0.1) is 7.11 Å². The lowest BCUT2D eigenvalue weighted by atomic mass is 9.98. The van der Waals surface area contributed by atoms with Crippen molar-refractivity contribution in [1.29, 1.82) is 0 Å². The molecule has 0 saturated carbocycles. The summed E-state index contributed by atoms with van der Waals surface area (Å²) in [5.41, 5.74) is 1.25. The minimum atomic E-state index is -0.971. The van der Waals surface area contributed by atoms with E-state index in [2.05, 4.69) is 5.32 Å². The molecule has 4 heteroatoms. The molecule has 20 heavy (non-hydrogen) atoms. The molecule has 0 bridgehead atoms. The molecule has 0 aliphatic rings. The molecule has 0 aromatic heterocycles. The molecule has 0 aliphatic carbocycles. The predicted molar refractivity (Wildman–Crippen MR) is 76.3 cm³/mol. The highest BCUT2D eigenvalue weighted by molar-refractivity contribution is 6.09. The van der Waals surface area contributed by atoms with Gasteiger partial charge in [-0.15, -0.1) is 0 Å². The molecular weight excluding hydrogens is 254 g/mol. The summed E-state index contributed by atoms with van der Waals surface area (Å²) in [6, 6.07) is 17.8. The van der Waals surface area contributed by atoms with Crippen LogP contribution in [0.4, 0.5) is 5.69 Å². The van der Waals surface area contributed by atoms with Gasteiger partial charge >= 0.3 is 5.97 Å². The van der Waals surface area contributed by atoms with Crippen molar-refractivity contribution in [2.75, 3.05) is 12.4 Å². The lowest BCUT2D eigenvalue weighted by Crippen LogP contribution is -2.28. The van der Waals surface area contributed by atoms with Crippen molar-refractivity contribution >= 4 is 17.6 Å². The smallest absolute Gasteiger partial charge is 0.322 e. The second-order valence-corrected chi connectivity index (χ2v) is 4.22. The van der Waals surface area contributed by atoms with E-state index >= 15 is 0 Å². The van der Waals surface area contributed by atoms with Gasteiger partial charge in [-0.3, -0.25) is 9.59 Å². The van der Waals surface area contributed by atoms with Crippen LogP contribution in [0.2, 0.25) is 0 Å². The first-order valence-corrected chi connectivity index (χ1v) is 6.21. The molecule has 0 heterocycles. The van der Waals surface area contributed by atoms with Crippen molar-refractivity contribution < 1.29 is 14.3 Å². The number of esters is 1. The number of hydrogen-bond acceptors (Lipinski definition) is 3.